The highest BCUT2D eigenvalue weighted by atomic mass is 28.3. The highest BCUT2D eigenvalue weighted by Crippen LogP contribution is 2.23. The first-order chi connectivity index (χ1) is 8.92. The molecule has 1 N–H and O–H groups in total. The molecule has 1 fully saturated rings. The molecule has 0 heterocycles. The monoisotopic (exact) mass is 279 g/mol. The number of hydrogen-bond donors (Lipinski definition) is 1. The van der Waals surface area contributed by atoms with E-state index < -0.39 is 8.07 Å². The molecule has 3 heteroatoms. The molecule has 1 aromatic carbocycles. The summed E-state index contributed by atoms with van der Waals surface area (Å²) in [6.45, 7) is 8.41. The summed E-state index contributed by atoms with van der Waals surface area (Å²) < 4.78 is 13.0. The van der Waals surface area contributed by atoms with Gasteiger partial charge in [0.1, 0.15) is 5.82 Å². The van der Waals surface area contributed by atoms with Crippen LogP contribution in [0.25, 0.3) is 0 Å². The zero-order valence-corrected chi connectivity index (χ0v) is 13.4. The molecule has 0 bridgehead atoms. The Balaban J connectivity index is 1.92. The standard InChI is InChI=1S/C16H26FNSi/c1-19(2,3)12-14(11-18-16-8-9-16)10-13-4-6-15(17)7-5-13/h4-7,14,16,18H,8-12H2,1-3H3. The molecular weight excluding hydrogens is 253 g/mol. The van der Waals surface area contributed by atoms with E-state index in [9.17, 15) is 4.39 Å². The molecule has 1 aliphatic rings. The Bertz CT molecular complexity index is 392. The van der Waals surface area contributed by atoms with Gasteiger partial charge in [0.15, 0.2) is 0 Å². The second kappa shape index (κ2) is 6.19. The second-order valence-corrected chi connectivity index (χ2v) is 12.7. The fourth-order valence-electron chi connectivity index (χ4n) is 2.66. The van der Waals surface area contributed by atoms with Gasteiger partial charge in [-0.05, 0) is 49.4 Å². The quantitative estimate of drug-likeness (QED) is 0.742. The predicted molar refractivity (Wildman–Crippen MR) is 82.8 cm³/mol. The summed E-state index contributed by atoms with van der Waals surface area (Å²) in [5, 5.41) is 3.66. The van der Waals surface area contributed by atoms with Crippen molar-refractivity contribution in [1.82, 2.24) is 5.32 Å². The molecule has 106 valence electrons. The van der Waals surface area contributed by atoms with E-state index in [1.165, 1.54) is 24.4 Å². The van der Waals surface area contributed by atoms with Crippen LogP contribution in [0.2, 0.25) is 25.7 Å². The van der Waals surface area contributed by atoms with Gasteiger partial charge < -0.3 is 5.32 Å². The number of hydrogen-bond acceptors (Lipinski definition) is 1. The smallest absolute Gasteiger partial charge is 0.123 e. The Morgan fingerprint density at radius 3 is 2.37 bits per heavy atom. The molecule has 0 amide bonds. The lowest BCUT2D eigenvalue weighted by Gasteiger charge is -2.25. The van der Waals surface area contributed by atoms with E-state index >= 15 is 0 Å². The summed E-state index contributed by atoms with van der Waals surface area (Å²) in [6, 6.07) is 9.14. The molecule has 1 aliphatic carbocycles. The van der Waals surface area contributed by atoms with Crippen LogP contribution in [0.1, 0.15) is 18.4 Å². The minimum absolute atomic E-state index is 0.137. The fourth-order valence-corrected chi connectivity index (χ4v) is 4.68. The highest BCUT2D eigenvalue weighted by Gasteiger charge is 2.25. The van der Waals surface area contributed by atoms with E-state index in [1.807, 2.05) is 12.1 Å². The third-order valence-electron chi connectivity index (χ3n) is 3.61. The number of nitrogens with one attached hydrogen (secondary N) is 1. The normalized spacial score (nSPS) is 17.5. The van der Waals surface area contributed by atoms with Crippen LogP contribution in [0.4, 0.5) is 4.39 Å². The van der Waals surface area contributed by atoms with Crippen LogP contribution in [-0.2, 0) is 6.42 Å². The van der Waals surface area contributed by atoms with Crippen molar-refractivity contribution >= 4 is 8.07 Å². The molecule has 0 radical (unpaired) electrons. The van der Waals surface area contributed by atoms with Crippen molar-refractivity contribution in [2.45, 2.75) is 51.0 Å². The van der Waals surface area contributed by atoms with Crippen molar-refractivity contribution in [3.8, 4) is 0 Å². The first-order valence-corrected chi connectivity index (χ1v) is 11.1. The molecule has 0 aliphatic heterocycles. The summed E-state index contributed by atoms with van der Waals surface area (Å²) >= 11 is 0. The number of benzene rings is 1. The van der Waals surface area contributed by atoms with E-state index in [2.05, 4.69) is 25.0 Å². The van der Waals surface area contributed by atoms with Crippen molar-refractivity contribution in [3.63, 3.8) is 0 Å². The van der Waals surface area contributed by atoms with E-state index in [4.69, 9.17) is 0 Å². The molecule has 0 spiro atoms. The summed E-state index contributed by atoms with van der Waals surface area (Å²) in [7, 11) is -1.05. The van der Waals surface area contributed by atoms with Gasteiger partial charge in [0.05, 0.1) is 0 Å². The Hall–Kier alpha value is -0.673. The van der Waals surface area contributed by atoms with Crippen LogP contribution in [0, 0.1) is 11.7 Å². The van der Waals surface area contributed by atoms with E-state index in [0.29, 0.717) is 5.92 Å². The third kappa shape index (κ3) is 5.87. The predicted octanol–water partition coefficient (Wildman–Crippen LogP) is 4.07. The SMILES string of the molecule is C[Si](C)(C)CC(CNC1CC1)Cc1ccc(F)cc1. The van der Waals surface area contributed by atoms with Crippen LogP contribution in [-0.4, -0.2) is 20.7 Å². The third-order valence-corrected chi connectivity index (χ3v) is 5.41. The molecule has 1 atom stereocenters. The highest BCUT2D eigenvalue weighted by molar-refractivity contribution is 6.76. The Morgan fingerprint density at radius 1 is 1.21 bits per heavy atom. The van der Waals surface area contributed by atoms with Gasteiger partial charge in [-0.1, -0.05) is 37.8 Å². The summed E-state index contributed by atoms with van der Waals surface area (Å²) in [4.78, 5) is 0. The molecule has 1 unspecified atom stereocenters. The number of rotatable bonds is 7. The maximum absolute atomic E-state index is 13.0. The molecule has 0 aromatic heterocycles. The van der Waals surface area contributed by atoms with Crippen LogP contribution in [0.5, 0.6) is 0 Å². The average Bonchev–Trinajstić information content (AvgIpc) is 3.11. The van der Waals surface area contributed by atoms with Crippen molar-refractivity contribution < 1.29 is 4.39 Å². The van der Waals surface area contributed by atoms with Gasteiger partial charge in [-0.15, -0.1) is 0 Å². The Morgan fingerprint density at radius 2 is 1.84 bits per heavy atom. The van der Waals surface area contributed by atoms with Crippen molar-refractivity contribution in [2.24, 2.45) is 5.92 Å². The maximum Gasteiger partial charge on any atom is 0.123 e. The van der Waals surface area contributed by atoms with Crippen molar-refractivity contribution in [2.75, 3.05) is 6.54 Å². The zero-order chi connectivity index (χ0) is 13.9. The lowest BCUT2D eigenvalue weighted by molar-refractivity contribution is 0.503. The first-order valence-electron chi connectivity index (χ1n) is 7.40. The average molecular weight is 279 g/mol. The summed E-state index contributed by atoms with van der Waals surface area (Å²) in [5.41, 5.74) is 1.27. The van der Waals surface area contributed by atoms with Crippen LogP contribution in [0.3, 0.4) is 0 Å². The Kier molecular flexibility index (Phi) is 4.80. The second-order valence-electron chi connectivity index (χ2n) is 7.14. The number of halogens is 1. The van der Waals surface area contributed by atoms with E-state index in [-0.39, 0.29) is 5.82 Å². The minimum Gasteiger partial charge on any atom is -0.314 e. The van der Waals surface area contributed by atoms with Gasteiger partial charge in [-0.25, -0.2) is 4.39 Å². The molecule has 1 nitrogen and oxygen atoms in total. The Labute approximate surface area is 117 Å². The zero-order valence-electron chi connectivity index (χ0n) is 12.4. The molecule has 2 rings (SSSR count). The van der Waals surface area contributed by atoms with Crippen LogP contribution in [0.15, 0.2) is 24.3 Å². The largest absolute Gasteiger partial charge is 0.314 e. The molecule has 19 heavy (non-hydrogen) atoms. The summed E-state index contributed by atoms with van der Waals surface area (Å²) in [5.74, 6) is 0.555. The topological polar surface area (TPSA) is 12.0 Å². The van der Waals surface area contributed by atoms with Gasteiger partial charge in [0.2, 0.25) is 0 Å². The van der Waals surface area contributed by atoms with Gasteiger partial charge >= 0.3 is 0 Å². The fraction of sp³-hybridized carbons (Fsp3) is 0.625. The lowest BCUT2D eigenvalue weighted by atomic mass is 10.0. The summed E-state index contributed by atoms with van der Waals surface area (Å²) in [6.07, 6.45) is 3.76. The van der Waals surface area contributed by atoms with E-state index in [1.54, 1.807) is 12.1 Å². The molecular formula is C16H26FNSi. The van der Waals surface area contributed by atoms with E-state index in [0.717, 1.165) is 19.0 Å². The molecule has 0 saturated heterocycles. The van der Waals surface area contributed by atoms with Crippen LogP contribution >= 0.6 is 0 Å². The first kappa shape index (κ1) is 14.7. The minimum atomic E-state index is -1.05. The lowest BCUT2D eigenvalue weighted by Crippen LogP contribution is -2.32. The van der Waals surface area contributed by atoms with Crippen molar-refractivity contribution in [1.29, 1.82) is 0 Å². The maximum atomic E-state index is 13.0. The molecule has 1 saturated carbocycles. The van der Waals surface area contributed by atoms with Gasteiger partial charge in [0, 0.05) is 14.1 Å². The molecule has 1 aromatic rings. The van der Waals surface area contributed by atoms with Gasteiger partial charge in [-0.2, -0.15) is 0 Å². The van der Waals surface area contributed by atoms with Crippen molar-refractivity contribution in [3.05, 3.63) is 35.6 Å². The van der Waals surface area contributed by atoms with Crippen LogP contribution < -0.4 is 5.32 Å². The van der Waals surface area contributed by atoms with Gasteiger partial charge in [0.25, 0.3) is 0 Å². The van der Waals surface area contributed by atoms with Gasteiger partial charge in [-0.3, -0.25) is 0 Å².